The predicted molar refractivity (Wildman–Crippen MR) is 145 cm³/mol. The molecule has 0 radical (unpaired) electrons. The van der Waals surface area contributed by atoms with E-state index in [0.717, 1.165) is 17.7 Å². The fraction of sp³-hybridized carbons (Fsp3) is 0.581. The molecule has 4 aliphatic heterocycles. The average molecular weight is 571 g/mol. The number of carbonyl (C=O) groups excluding carboxylic acids is 1. The second-order valence-electron chi connectivity index (χ2n) is 12.4. The van der Waals surface area contributed by atoms with Gasteiger partial charge in [0.05, 0.1) is 33.0 Å². The summed E-state index contributed by atoms with van der Waals surface area (Å²) in [5.41, 5.74) is 1.58. The van der Waals surface area contributed by atoms with E-state index < -0.39 is 11.8 Å². The van der Waals surface area contributed by atoms with E-state index in [1.807, 2.05) is 24.3 Å². The van der Waals surface area contributed by atoms with Gasteiger partial charge in [-0.3, -0.25) is 0 Å². The summed E-state index contributed by atoms with van der Waals surface area (Å²) in [4.78, 5) is 23.2. The van der Waals surface area contributed by atoms with Crippen molar-refractivity contribution in [3.63, 3.8) is 0 Å². The van der Waals surface area contributed by atoms with Crippen LogP contribution < -0.4 is 19.1 Å². The molecule has 222 valence electrons. The monoisotopic (exact) mass is 570 g/mol. The van der Waals surface area contributed by atoms with Crippen molar-refractivity contribution in [2.45, 2.75) is 69.4 Å². The first-order valence-corrected chi connectivity index (χ1v) is 14.2. The number of epoxide rings is 2. The van der Waals surface area contributed by atoms with Gasteiger partial charge in [-0.2, -0.15) is 4.89 Å². The molecular formula is C31H38O10. The van der Waals surface area contributed by atoms with E-state index in [9.17, 15) is 4.79 Å². The number of carbonyl (C=O) groups is 1. The van der Waals surface area contributed by atoms with E-state index in [0.29, 0.717) is 68.9 Å². The Morgan fingerprint density at radius 3 is 1.98 bits per heavy atom. The van der Waals surface area contributed by atoms with Crippen LogP contribution in [0.1, 0.15) is 51.7 Å². The zero-order chi connectivity index (χ0) is 28.7. The van der Waals surface area contributed by atoms with Crippen molar-refractivity contribution in [2.75, 3.05) is 46.2 Å². The second-order valence-corrected chi connectivity index (χ2v) is 12.4. The molecule has 0 saturated carbocycles. The topological polar surface area (TPSA) is 107 Å². The quantitative estimate of drug-likeness (QED) is 0.0918. The van der Waals surface area contributed by atoms with Gasteiger partial charge in [-0.15, -0.1) is 0 Å². The highest BCUT2D eigenvalue weighted by atomic mass is 17.2. The summed E-state index contributed by atoms with van der Waals surface area (Å²) in [6, 6.07) is 11.2. The van der Waals surface area contributed by atoms with Crippen LogP contribution >= 0.6 is 0 Å². The maximum Gasteiger partial charge on any atom is 0.337 e. The molecule has 0 bridgehead atoms. The minimum atomic E-state index is -0.929. The first-order chi connectivity index (χ1) is 19.6. The third-order valence-corrected chi connectivity index (χ3v) is 7.71. The van der Waals surface area contributed by atoms with Crippen molar-refractivity contribution in [1.29, 1.82) is 0 Å². The molecule has 0 amide bonds. The van der Waals surface area contributed by atoms with Gasteiger partial charge in [0, 0.05) is 46.9 Å². The van der Waals surface area contributed by atoms with Gasteiger partial charge in [0.15, 0.2) is 5.75 Å². The van der Waals surface area contributed by atoms with E-state index >= 15 is 0 Å². The molecular weight excluding hydrogens is 532 g/mol. The Morgan fingerprint density at radius 1 is 0.805 bits per heavy atom. The number of hydrogen-bond acceptors (Lipinski definition) is 10. The van der Waals surface area contributed by atoms with Crippen molar-refractivity contribution in [3.05, 3.63) is 47.5 Å². The molecule has 41 heavy (non-hydrogen) atoms. The third kappa shape index (κ3) is 6.79. The van der Waals surface area contributed by atoms with Crippen LogP contribution in [0.4, 0.5) is 0 Å². The zero-order valence-electron chi connectivity index (χ0n) is 24.1. The highest BCUT2D eigenvalue weighted by molar-refractivity contribution is 5.73. The van der Waals surface area contributed by atoms with E-state index in [1.54, 1.807) is 12.1 Å². The Balaban J connectivity index is 1.14. The first kappa shape index (κ1) is 28.2. The molecule has 2 saturated heterocycles. The smallest absolute Gasteiger partial charge is 0.337 e. The number of benzene rings is 2. The van der Waals surface area contributed by atoms with Crippen molar-refractivity contribution in [2.24, 2.45) is 0 Å². The molecule has 2 fully saturated rings. The molecule has 0 aliphatic carbocycles. The molecule has 10 heteroatoms. The SMILES string of the molecule is CC1(C)CC2(CC(C)(C)c3ccc(OC(=O)COCC4CO4)cc3O2)Oc2cc(OOCCOCC3CO3)ccc21. The summed E-state index contributed by atoms with van der Waals surface area (Å²) in [5, 5.41) is 0. The van der Waals surface area contributed by atoms with Crippen LogP contribution in [0.15, 0.2) is 36.4 Å². The highest BCUT2D eigenvalue weighted by Crippen LogP contribution is 2.54. The van der Waals surface area contributed by atoms with Gasteiger partial charge < -0.3 is 38.0 Å². The predicted octanol–water partition coefficient (Wildman–Crippen LogP) is 4.25. The van der Waals surface area contributed by atoms with E-state index in [-0.39, 0.29) is 29.6 Å². The number of rotatable bonds is 12. The lowest BCUT2D eigenvalue weighted by Gasteiger charge is -2.51. The standard InChI is InChI=1S/C31H38O10/c1-29(2)18-31(39-26-11-20(5-7-24(26)29)38-28(32)17-34-14-23-16-36-23)19-30(3,4)25-8-6-21(12-27(25)40-31)41-37-10-9-33-13-22-15-35-22/h5-8,11-12,22-23H,9-10,13-19H2,1-4H3. The molecule has 6 rings (SSSR count). The van der Waals surface area contributed by atoms with Crippen molar-refractivity contribution < 1.29 is 47.7 Å². The lowest BCUT2D eigenvalue weighted by atomic mass is 9.69. The molecule has 0 N–H and O–H groups in total. The van der Waals surface area contributed by atoms with Gasteiger partial charge in [0.25, 0.3) is 5.79 Å². The minimum Gasteiger partial charge on any atom is -0.452 e. The molecule has 3 atom stereocenters. The third-order valence-electron chi connectivity index (χ3n) is 7.71. The van der Waals surface area contributed by atoms with Crippen molar-refractivity contribution in [1.82, 2.24) is 0 Å². The highest BCUT2D eigenvalue weighted by Gasteiger charge is 2.53. The van der Waals surface area contributed by atoms with Crippen LogP contribution in [0.3, 0.4) is 0 Å². The van der Waals surface area contributed by atoms with Crippen molar-refractivity contribution in [3.8, 4) is 23.0 Å². The van der Waals surface area contributed by atoms with Crippen LogP contribution in [0.2, 0.25) is 0 Å². The molecule has 3 unspecified atom stereocenters. The maximum atomic E-state index is 12.3. The van der Waals surface area contributed by atoms with Gasteiger partial charge in [0.2, 0.25) is 0 Å². The molecule has 2 aromatic rings. The number of fused-ring (bicyclic) bond motifs is 2. The Hall–Kier alpha value is -2.89. The number of ether oxygens (including phenoxy) is 7. The summed E-state index contributed by atoms with van der Waals surface area (Å²) < 4.78 is 40.0. The Labute approximate surface area is 240 Å². The van der Waals surface area contributed by atoms with Crippen LogP contribution in [0.5, 0.6) is 23.0 Å². The minimum absolute atomic E-state index is 0.0885. The lowest BCUT2D eigenvalue weighted by molar-refractivity contribution is -0.215. The fourth-order valence-electron chi connectivity index (χ4n) is 5.75. The van der Waals surface area contributed by atoms with Crippen LogP contribution in [-0.2, 0) is 39.5 Å². The largest absolute Gasteiger partial charge is 0.452 e. The van der Waals surface area contributed by atoms with E-state index in [4.69, 9.17) is 42.9 Å². The van der Waals surface area contributed by atoms with Gasteiger partial charge in [-0.25, -0.2) is 4.79 Å². The van der Waals surface area contributed by atoms with Crippen LogP contribution in [0, 0.1) is 0 Å². The average Bonchev–Trinajstić information content (AvgIpc) is 3.81. The molecule has 10 nitrogen and oxygen atoms in total. The Morgan fingerprint density at radius 2 is 1.37 bits per heavy atom. The first-order valence-electron chi connectivity index (χ1n) is 14.2. The molecule has 4 aliphatic rings. The molecule has 4 heterocycles. The zero-order valence-corrected chi connectivity index (χ0v) is 24.1. The van der Waals surface area contributed by atoms with Gasteiger partial charge in [0.1, 0.15) is 42.7 Å². The van der Waals surface area contributed by atoms with Gasteiger partial charge >= 0.3 is 5.97 Å². The summed E-state index contributed by atoms with van der Waals surface area (Å²) in [7, 11) is 0. The summed E-state index contributed by atoms with van der Waals surface area (Å²) in [6.45, 7) is 11.7. The summed E-state index contributed by atoms with van der Waals surface area (Å²) in [6.07, 6.45) is 1.58. The van der Waals surface area contributed by atoms with Crippen LogP contribution in [0.25, 0.3) is 0 Å². The van der Waals surface area contributed by atoms with E-state index in [1.165, 1.54) is 0 Å². The normalized spacial score (nSPS) is 26.2. The van der Waals surface area contributed by atoms with Gasteiger partial charge in [-0.05, 0) is 12.1 Å². The maximum absolute atomic E-state index is 12.3. The van der Waals surface area contributed by atoms with Crippen LogP contribution in [-0.4, -0.2) is 70.2 Å². The Bertz CT molecular complexity index is 1270. The second kappa shape index (κ2) is 11.1. The number of esters is 1. The Kier molecular flexibility index (Phi) is 7.63. The molecule has 0 aromatic heterocycles. The van der Waals surface area contributed by atoms with Crippen molar-refractivity contribution >= 4 is 5.97 Å². The summed E-state index contributed by atoms with van der Waals surface area (Å²) in [5.74, 6) is 0.833. The molecule has 1 spiro atoms. The fourth-order valence-corrected chi connectivity index (χ4v) is 5.75. The lowest BCUT2D eigenvalue weighted by Crippen LogP contribution is -2.55. The van der Waals surface area contributed by atoms with E-state index in [2.05, 4.69) is 27.7 Å². The molecule has 2 aromatic carbocycles. The van der Waals surface area contributed by atoms with Gasteiger partial charge in [-0.1, -0.05) is 39.8 Å². The summed E-state index contributed by atoms with van der Waals surface area (Å²) >= 11 is 0. The number of hydrogen-bond donors (Lipinski definition) is 0.